The smallest absolute Gasteiger partial charge is 0.323 e. The fourth-order valence-corrected chi connectivity index (χ4v) is 4.88. The molecule has 0 spiro atoms. The highest BCUT2D eigenvalue weighted by Gasteiger charge is 2.38. The van der Waals surface area contributed by atoms with Crippen LogP contribution >= 0.6 is 0 Å². The molecule has 2 heterocycles. The van der Waals surface area contributed by atoms with Crippen LogP contribution in [0.25, 0.3) is 0 Å². The molecule has 0 saturated heterocycles. The number of carbonyl (C=O) groups is 2. The zero-order valence-corrected chi connectivity index (χ0v) is 19.9. The lowest BCUT2D eigenvalue weighted by Crippen LogP contribution is -2.51. The number of aryl methyl sites for hydroxylation is 2. The number of rotatable bonds is 10. The van der Waals surface area contributed by atoms with Crippen molar-refractivity contribution in [1.29, 1.82) is 0 Å². The Morgan fingerprint density at radius 2 is 1.89 bits per heavy atom. The molecule has 0 amide bonds. The summed E-state index contributed by atoms with van der Waals surface area (Å²) in [6.45, 7) is 1.91. The molecule has 7 nitrogen and oxygen atoms in total. The third-order valence-electron chi connectivity index (χ3n) is 6.43. The number of carboxylic acid groups (broad SMARTS) is 1. The third kappa shape index (κ3) is 6.11. The fourth-order valence-electron chi connectivity index (χ4n) is 4.88. The van der Waals surface area contributed by atoms with E-state index in [1.807, 2.05) is 65.6 Å². The van der Waals surface area contributed by atoms with Crippen molar-refractivity contribution in [2.75, 3.05) is 18.1 Å². The van der Waals surface area contributed by atoms with Crippen molar-refractivity contribution in [2.45, 2.75) is 50.7 Å². The molecule has 1 unspecified atom stereocenters. The molecule has 184 valence electrons. The lowest BCUT2D eigenvalue weighted by molar-refractivity contribution is -0.146. The molecule has 2 N–H and O–H groups in total. The summed E-state index contributed by atoms with van der Waals surface area (Å²) in [4.78, 5) is 26.8. The van der Waals surface area contributed by atoms with Gasteiger partial charge in [-0.15, -0.1) is 0 Å². The van der Waals surface area contributed by atoms with E-state index in [0.29, 0.717) is 31.6 Å². The number of aliphatic carboxylic acids is 1. The first-order valence-electron chi connectivity index (χ1n) is 12.1. The normalized spacial score (nSPS) is 18.4. The summed E-state index contributed by atoms with van der Waals surface area (Å²) in [6, 6.07) is 20.4. The summed E-state index contributed by atoms with van der Waals surface area (Å²) in [6.07, 6.45) is 4.33. The van der Waals surface area contributed by atoms with E-state index >= 15 is 0 Å². The predicted molar refractivity (Wildman–Crippen MR) is 133 cm³/mol. The van der Waals surface area contributed by atoms with Crippen LogP contribution in [0.2, 0.25) is 0 Å². The Bertz CT molecular complexity index is 1100. The van der Waals surface area contributed by atoms with E-state index in [1.165, 1.54) is 0 Å². The molecule has 0 radical (unpaired) electrons. The molecule has 0 fully saturated rings. The van der Waals surface area contributed by atoms with Gasteiger partial charge in [-0.1, -0.05) is 48.5 Å². The zero-order valence-electron chi connectivity index (χ0n) is 19.9. The number of hydrogen-bond acceptors (Lipinski definition) is 6. The molecular weight excluding hydrogens is 444 g/mol. The first kappa shape index (κ1) is 24.5. The van der Waals surface area contributed by atoms with Crippen LogP contribution < -0.4 is 10.2 Å². The SMILES string of the molecule is CCOC(=O)[C@H](CCc1ccccc1)N[C@H]1CCc2ccccc2N(CC(=O)O)C1c1ccco1. The highest BCUT2D eigenvalue weighted by atomic mass is 16.5. The lowest BCUT2D eigenvalue weighted by atomic mass is 9.97. The number of ether oxygens (including phenoxy) is 1. The van der Waals surface area contributed by atoms with E-state index in [1.54, 1.807) is 19.3 Å². The monoisotopic (exact) mass is 476 g/mol. The molecule has 0 saturated carbocycles. The standard InChI is InChI=1S/C28H32N2O5/c1-2-34-28(33)23(16-14-20-9-4-3-5-10-20)29-22-17-15-21-11-6-7-12-24(21)30(19-26(31)32)27(22)25-13-8-18-35-25/h3-13,18,22-23,27,29H,2,14-17,19H2,1H3,(H,31,32)/t22-,23-,27?/m0/s1. The van der Waals surface area contributed by atoms with Crippen LogP contribution in [0.4, 0.5) is 5.69 Å². The Balaban J connectivity index is 1.66. The van der Waals surface area contributed by atoms with Gasteiger partial charge in [-0.05, 0) is 61.9 Å². The first-order chi connectivity index (χ1) is 17.1. The predicted octanol–water partition coefficient (Wildman–Crippen LogP) is 4.38. The largest absolute Gasteiger partial charge is 0.480 e. The third-order valence-corrected chi connectivity index (χ3v) is 6.43. The molecule has 7 heteroatoms. The van der Waals surface area contributed by atoms with E-state index in [-0.39, 0.29) is 18.6 Å². The summed E-state index contributed by atoms with van der Waals surface area (Å²) in [5.41, 5.74) is 3.09. The second-order valence-electron chi connectivity index (χ2n) is 8.75. The van der Waals surface area contributed by atoms with E-state index in [2.05, 4.69) is 5.32 Å². The van der Waals surface area contributed by atoms with Gasteiger partial charge in [0.15, 0.2) is 0 Å². The molecular formula is C28H32N2O5. The molecule has 1 aliphatic rings. The summed E-state index contributed by atoms with van der Waals surface area (Å²) < 4.78 is 11.2. The van der Waals surface area contributed by atoms with Gasteiger partial charge in [-0.25, -0.2) is 0 Å². The molecule has 1 aromatic heterocycles. The zero-order chi connectivity index (χ0) is 24.6. The molecule has 1 aliphatic heterocycles. The minimum atomic E-state index is -0.928. The summed E-state index contributed by atoms with van der Waals surface area (Å²) in [7, 11) is 0. The second-order valence-corrected chi connectivity index (χ2v) is 8.75. The average Bonchev–Trinajstić information content (AvgIpc) is 3.34. The Hall–Kier alpha value is -3.58. The van der Waals surface area contributed by atoms with Gasteiger partial charge in [-0.2, -0.15) is 0 Å². The van der Waals surface area contributed by atoms with Crippen molar-refractivity contribution in [1.82, 2.24) is 5.32 Å². The summed E-state index contributed by atoms with van der Waals surface area (Å²) in [5.74, 6) is -0.567. The van der Waals surface area contributed by atoms with Crippen molar-refractivity contribution >= 4 is 17.6 Å². The van der Waals surface area contributed by atoms with Crippen LogP contribution in [0.5, 0.6) is 0 Å². The van der Waals surface area contributed by atoms with Crippen molar-refractivity contribution in [3.63, 3.8) is 0 Å². The molecule has 35 heavy (non-hydrogen) atoms. The minimum Gasteiger partial charge on any atom is -0.480 e. The number of benzene rings is 2. The van der Waals surface area contributed by atoms with Crippen molar-refractivity contribution in [3.8, 4) is 0 Å². The Morgan fingerprint density at radius 3 is 2.60 bits per heavy atom. The Kier molecular flexibility index (Phi) is 8.21. The number of nitrogens with one attached hydrogen (secondary N) is 1. The van der Waals surface area contributed by atoms with Gasteiger partial charge in [-0.3, -0.25) is 14.9 Å². The van der Waals surface area contributed by atoms with Crippen LogP contribution in [0, 0.1) is 0 Å². The van der Waals surface area contributed by atoms with E-state index in [9.17, 15) is 14.7 Å². The number of furan rings is 1. The van der Waals surface area contributed by atoms with Gasteiger partial charge >= 0.3 is 11.9 Å². The van der Waals surface area contributed by atoms with Crippen LogP contribution in [0.15, 0.2) is 77.4 Å². The van der Waals surface area contributed by atoms with Gasteiger partial charge in [0.05, 0.1) is 12.9 Å². The van der Waals surface area contributed by atoms with E-state index < -0.39 is 18.1 Å². The Labute approximate surface area is 205 Å². The summed E-state index contributed by atoms with van der Waals surface area (Å²) in [5, 5.41) is 13.3. The lowest BCUT2D eigenvalue weighted by Gasteiger charge is -2.36. The topological polar surface area (TPSA) is 92.0 Å². The molecule has 3 aromatic rings. The van der Waals surface area contributed by atoms with Crippen molar-refractivity contribution in [2.24, 2.45) is 0 Å². The number of nitrogens with zero attached hydrogens (tertiary/aromatic N) is 1. The van der Waals surface area contributed by atoms with Gasteiger partial charge in [0, 0.05) is 11.7 Å². The maximum Gasteiger partial charge on any atom is 0.323 e. The number of esters is 1. The highest BCUT2D eigenvalue weighted by molar-refractivity contribution is 5.76. The fraction of sp³-hybridized carbons (Fsp3) is 0.357. The highest BCUT2D eigenvalue weighted by Crippen LogP contribution is 2.38. The van der Waals surface area contributed by atoms with Gasteiger partial charge in [0.2, 0.25) is 0 Å². The molecule has 0 bridgehead atoms. The molecule has 2 aromatic carbocycles. The van der Waals surface area contributed by atoms with Gasteiger partial charge in [0.1, 0.15) is 24.4 Å². The van der Waals surface area contributed by atoms with Crippen LogP contribution in [-0.2, 0) is 27.2 Å². The number of carboxylic acids is 1. The quantitative estimate of drug-likeness (QED) is 0.420. The number of hydrogen-bond donors (Lipinski definition) is 2. The van der Waals surface area contributed by atoms with Crippen molar-refractivity contribution in [3.05, 3.63) is 89.9 Å². The van der Waals surface area contributed by atoms with Gasteiger partial charge < -0.3 is 19.2 Å². The molecule has 3 atom stereocenters. The minimum absolute atomic E-state index is 0.186. The second kappa shape index (κ2) is 11.7. The number of fused-ring (bicyclic) bond motifs is 1. The average molecular weight is 477 g/mol. The Morgan fingerprint density at radius 1 is 1.11 bits per heavy atom. The number of anilines is 1. The number of para-hydroxylation sites is 1. The van der Waals surface area contributed by atoms with Crippen LogP contribution in [0.1, 0.15) is 42.7 Å². The van der Waals surface area contributed by atoms with Crippen LogP contribution in [-0.4, -0.2) is 42.3 Å². The van der Waals surface area contributed by atoms with E-state index in [0.717, 1.165) is 23.2 Å². The van der Waals surface area contributed by atoms with Gasteiger partial charge in [0.25, 0.3) is 0 Å². The maximum atomic E-state index is 13.0. The molecule has 0 aliphatic carbocycles. The summed E-state index contributed by atoms with van der Waals surface area (Å²) >= 11 is 0. The van der Waals surface area contributed by atoms with Crippen LogP contribution in [0.3, 0.4) is 0 Å². The van der Waals surface area contributed by atoms with Crippen molar-refractivity contribution < 1.29 is 23.8 Å². The first-order valence-corrected chi connectivity index (χ1v) is 12.1. The van der Waals surface area contributed by atoms with E-state index in [4.69, 9.17) is 9.15 Å². The maximum absolute atomic E-state index is 13.0. The number of carbonyl (C=O) groups excluding carboxylic acids is 1. The molecule has 4 rings (SSSR count).